The summed E-state index contributed by atoms with van der Waals surface area (Å²) in [6.07, 6.45) is 1.68. The molecule has 0 spiro atoms. The Morgan fingerprint density at radius 3 is 2.54 bits per heavy atom. The van der Waals surface area contributed by atoms with Crippen LogP contribution in [0.25, 0.3) is 0 Å². The van der Waals surface area contributed by atoms with Gasteiger partial charge in [0.25, 0.3) is 5.91 Å². The lowest BCUT2D eigenvalue weighted by atomic mass is 10.0. The molecule has 3 rings (SSSR count). The maximum atomic E-state index is 12.8. The number of hydrogen-bond acceptors (Lipinski definition) is 3. The van der Waals surface area contributed by atoms with Crippen LogP contribution in [0.3, 0.4) is 0 Å². The predicted molar refractivity (Wildman–Crippen MR) is 95.3 cm³/mol. The molecule has 5 heteroatoms. The van der Waals surface area contributed by atoms with E-state index in [1.807, 2.05) is 47.4 Å². The standard InChI is InChI=1S/C19H21ClN2O2/c20-17-7-3-1-5-14(17)13-24-18-8-4-2-6-16(18)19(23)22-11-9-15(21)10-12-22/h1-8,15H,9-13,21H2. The molecule has 2 aromatic carbocycles. The summed E-state index contributed by atoms with van der Waals surface area (Å²) in [6, 6.07) is 15.1. The Kier molecular flexibility index (Phi) is 5.38. The van der Waals surface area contributed by atoms with Gasteiger partial charge in [0.1, 0.15) is 12.4 Å². The highest BCUT2D eigenvalue weighted by molar-refractivity contribution is 6.31. The van der Waals surface area contributed by atoms with E-state index in [-0.39, 0.29) is 11.9 Å². The van der Waals surface area contributed by atoms with Crippen LogP contribution in [-0.2, 0) is 6.61 Å². The Labute approximate surface area is 147 Å². The van der Waals surface area contributed by atoms with Gasteiger partial charge < -0.3 is 15.4 Å². The van der Waals surface area contributed by atoms with Crippen LogP contribution in [0.5, 0.6) is 5.75 Å². The van der Waals surface area contributed by atoms with Crippen LogP contribution < -0.4 is 10.5 Å². The molecule has 1 fully saturated rings. The molecule has 1 heterocycles. The van der Waals surface area contributed by atoms with Crippen LogP contribution in [0.15, 0.2) is 48.5 Å². The van der Waals surface area contributed by atoms with E-state index < -0.39 is 0 Å². The van der Waals surface area contributed by atoms with Crippen LogP contribution in [0, 0.1) is 0 Å². The zero-order valence-electron chi connectivity index (χ0n) is 13.5. The van der Waals surface area contributed by atoms with Crippen LogP contribution in [-0.4, -0.2) is 29.9 Å². The number of nitrogens with two attached hydrogens (primary N) is 1. The molecular formula is C19H21ClN2O2. The molecule has 24 heavy (non-hydrogen) atoms. The highest BCUT2D eigenvalue weighted by atomic mass is 35.5. The Morgan fingerprint density at radius 1 is 1.12 bits per heavy atom. The molecule has 0 saturated carbocycles. The third-order valence-electron chi connectivity index (χ3n) is 4.29. The van der Waals surface area contributed by atoms with E-state index in [9.17, 15) is 4.79 Å². The molecule has 1 aliphatic heterocycles. The summed E-state index contributed by atoms with van der Waals surface area (Å²) in [4.78, 5) is 14.6. The van der Waals surface area contributed by atoms with Gasteiger partial charge in [0, 0.05) is 29.7 Å². The van der Waals surface area contributed by atoms with Crippen molar-refractivity contribution in [1.29, 1.82) is 0 Å². The predicted octanol–water partition coefficient (Wildman–Crippen LogP) is 3.48. The molecule has 0 unspecified atom stereocenters. The number of amides is 1. The highest BCUT2D eigenvalue weighted by Crippen LogP contribution is 2.24. The van der Waals surface area contributed by atoms with E-state index in [4.69, 9.17) is 22.1 Å². The minimum absolute atomic E-state index is 0.00309. The van der Waals surface area contributed by atoms with Gasteiger partial charge in [-0.1, -0.05) is 41.9 Å². The average Bonchev–Trinajstić information content (AvgIpc) is 2.61. The minimum atomic E-state index is -0.00309. The molecule has 0 atom stereocenters. The molecule has 2 aromatic rings. The molecule has 1 saturated heterocycles. The Balaban J connectivity index is 1.73. The molecule has 1 aliphatic rings. The number of piperidine rings is 1. The van der Waals surface area contributed by atoms with Gasteiger partial charge in [-0.15, -0.1) is 0 Å². The SMILES string of the molecule is NC1CCN(C(=O)c2ccccc2OCc2ccccc2Cl)CC1. The molecule has 4 nitrogen and oxygen atoms in total. The molecule has 0 aromatic heterocycles. The van der Waals surface area contributed by atoms with Gasteiger partial charge >= 0.3 is 0 Å². The topological polar surface area (TPSA) is 55.6 Å². The van der Waals surface area contributed by atoms with Gasteiger partial charge in [-0.25, -0.2) is 0 Å². The lowest BCUT2D eigenvalue weighted by molar-refractivity contribution is 0.0710. The molecular weight excluding hydrogens is 324 g/mol. The van der Waals surface area contributed by atoms with E-state index in [1.165, 1.54) is 0 Å². The second-order valence-electron chi connectivity index (χ2n) is 6.01. The summed E-state index contributed by atoms with van der Waals surface area (Å²) in [6.45, 7) is 1.71. The lowest BCUT2D eigenvalue weighted by Crippen LogP contribution is -2.42. The summed E-state index contributed by atoms with van der Waals surface area (Å²) in [5, 5.41) is 0.659. The highest BCUT2D eigenvalue weighted by Gasteiger charge is 2.23. The van der Waals surface area contributed by atoms with Crippen molar-refractivity contribution in [3.8, 4) is 5.75 Å². The first-order valence-electron chi connectivity index (χ1n) is 8.15. The third kappa shape index (κ3) is 3.89. The molecule has 2 N–H and O–H groups in total. The van der Waals surface area contributed by atoms with Crippen molar-refractivity contribution in [2.24, 2.45) is 5.73 Å². The Bertz CT molecular complexity index is 712. The first-order valence-corrected chi connectivity index (χ1v) is 8.53. The fourth-order valence-corrected chi connectivity index (χ4v) is 3.00. The van der Waals surface area contributed by atoms with Crippen molar-refractivity contribution in [3.05, 3.63) is 64.7 Å². The van der Waals surface area contributed by atoms with Crippen molar-refractivity contribution in [3.63, 3.8) is 0 Å². The van der Waals surface area contributed by atoms with Crippen LogP contribution in [0.2, 0.25) is 5.02 Å². The average molecular weight is 345 g/mol. The monoisotopic (exact) mass is 344 g/mol. The van der Waals surface area contributed by atoms with E-state index in [0.29, 0.717) is 36.0 Å². The van der Waals surface area contributed by atoms with E-state index >= 15 is 0 Å². The number of carbonyl (C=O) groups is 1. The summed E-state index contributed by atoms with van der Waals surface area (Å²) in [7, 11) is 0. The lowest BCUT2D eigenvalue weighted by Gasteiger charge is -2.30. The van der Waals surface area contributed by atoms with E-state index in [2.05, 4.69) is 0 Å². The van der Waals surface area contributed by atoms with E-state index in [1.54, 1.807) is 6.07 Å². The quantitative estimate of drug-likeness (QED) is 0.923. The number of ether oxygens (including phenoxy) is 1. The van der Waals surface area contributed by atoms with Gasteiger partial charge in [-0.05, 0) is 31.0 Å². The Morgan fingerprint density at radius 2 is 1.79 bits per heavy atom. The second kappa shape index (κ2) is 7.69. The maximum absolute atomic E-state index is 12.8. The summed E-state index contributed by atoms with van der Waals surface area (Å²) >= 11 is 6.16. The normalized spacial score (nSPS) is 15.3. The number of halogens is 1. The van der Waals surface area contributed by atoms with Crippen molar-refractivity contribution in [2.45, 2.75) is 25.5 Å². The molecule has 1 amide bonds. The molecule has 0 bridgehead atoms. The number of benzene rings is 2. The zero-order valence-corrected chi connectivity index (χ0v) is 14.2. The van der Waals surface area contributed by atoms with Crippen molar-refractivity contribution >= 4 is 17.5 Å². The van der Waals surface area contributed by atoms with Crippen molar-refractivity contribution in [1.82, 2.24) is 4.90 Å². The van der Waals surface area contributed by atoms with Gasteiger partial charge in [-0.3, -0.25) is 4.79 Å². The number of rotatable bonds is 4. The molecule has 0 radical (unpaired) electrons. The van der Waals surface area contributed by atoms with Crippen LogP contribution >= 0.6 is 11.6 Å². The summed E-state index contributed by atoms with van der Waals surface area (Å²) in [5.74, 6) is 0.578. The second-order valence-corrected chi connectivity index (χ2v) is 6.41. The largest absolute Gasteiger partial charge is 0.488 e. The number of likely N-dealkylation sites (tertiary alicyclic amines) is 1. The number of hydrogen-bond donors (Lipinski definition) is 1. The molecule has 126 valence electrons. The van der Waals surface area contributed by atoms with Gasteiger partial charge in [0.15, 0.2) is 0 Å². The maximum Gasteiger partial charge on any atom is 0.257 e. The minimum Gasteiger partial charge on any atom is -0.488 e. The number of carbonyl (C=O) groups excluding carboxylic acids is 1. The van der Waals surface area contributed by atoms with Gasteiger partial charge in [0.05, 0.1) is 5.56 Å². The fraction of sp³-hybridized carbons (Fsp3) is 0.316. The van der Waals surface area contributed by atoms with Crippen molar-refractivity contribution in [2.75, 3.05) is 13.1 Å². The summed E-state index contributed by atoms with van der Waals surface area (Å²) in [5.41, 5.74) is 7.39. The summed E-state index contributed by atoms with van der Waals surface area (Å²) < 4.78 is 5.88. The van der Waals surface area contributed by atoms with E-state index in [0.717, 1.165) is 18.4 Å². The first-order chi connectivity index (χ1) is 11.6. The molecule has 0 aliphatic carbocycles. The van der Waals surface area contributed by atoms with Crippen LogP contribution in [0.1, 0.15) is 28.8 Å². The smallest absolute Gasteiger partial charge is 0.257 e. The van der Waals surface area contributed by atoms with Gasteiger partial charge in [-0.2, -0.15) is 0 Å². The first kappa shape index (κ1) is 16.8. The van der Waals surface area contributed by atoms with Gasteiger partial charge in [0.2, 0.25) is 0 Å². The number of para-hydroxylation sites is 1. The Hall–Kier alpha value is -2.04. The van der Waals surface area contributed by atoms with Crippen LogP contribution in [0.4, 0.5) is 0 Å². The number of nitrogens with zero attached hydrogens (tertiary/aromatic N) is 1. The fourth-order valence-electron chi connectivity index (χ4n) is 2.81. The third-order valence-corrected chi connectivity index (χ3v) is 4.65. The van der Waals surface area contributed by atoms with Crippen molar-refractivity contribution < 1.29 is 9.53 Å². The zero-order chi connectivity index (χ0) is 16.9.